The van der Waals surface area contributed by atoms with Gasteiger partial charge in [0.15, 0.2) is 0 Å². The molecule has 3 rings (SSSR count). The molecule has 0 saturated heterocycles. The van der Waals surface area contributed by atoms with Gasteiger partial charge in [-0.05, 0) is 43.0 Å². The second-order valence-corrected chi connectivity index (χ2v) is 5.49. The van der Waals surface area contributed by atoms with E-state index in [4.69, 9.17) is 0 Å². The summed E-state index contributed by atoms with van der Waals surface area (Å²) in [5.41, 5.74) is 4.25. The van der Waals surface area contributed by atoms with Gasteiger partial charge in [0, 0.05) is 31.0 Å². The lowest BCUT2D eigenvalue weighted by atomic mass is 9.95. The molecule has 1 saturated carbocycles. The highest BCUT2D eigenvalue weighted by molar-refractivity contribution is 5.63. The molecule has 92 valence electrons. The van der Waals surface area contributed by atoms with Crippen LogP contribution in [0.5, 0.6) is 0 Å². The Labute approximate surface area is 104 Å². The van der Waals surface area contributed by atoms with Crippen molar-refractivity contribution in [1.29, 1.82) is 0 Å². The Bertz CT molecular complexity index is 394. The molecule has 0 atom stereocenters. The van der Waals surface area contributed by atoms with Crippen LogP contribution in [-0.2, 0) is 6.42 Å². The largest absolute Gasteiger partial charge is 0.382 e. The fourth-order valence-corrected chi connectivity index (χ4v) is 3.14. The smallest absolute Gasteiger partial charge is 0.0398 e. The van der Waals surface area contributed by atoms with Gasteiger partial charge in [0.2, 0.25) is 0 Å². The molecule has 0 unspecified atom stereocenters. The molecule has 1 fully saturated rings. The first-order valence-electron chi connectivity index (χ1n) is 6.93. The quantitative estimate of drug-likeness (QED) is 0.837. The van der Waals surface area contributed by atoms with Crippen molar-refractivity contribution in [2.24, 2.45) is 0 Å². The minimum atomic E-state index is 0.709. The lowest BCUT2D eigenvalue weighted by molar-refractivity contribution is 0.463. The number of anilines is 2. The standard InChI is InChI=1S/C15H22N2/c1-17-10-9-12-11-14(7-8-15(12)17)16-13-5-3-2-4-6-13/h7-8,11,13,16H,2-6,9-10H2,1H3. The van der Waals surface area contributed by atoms with Crippen LogP contribution in [-0.4, -0.2) is 19.6 Å². The highest BCUT2D eigenvalue weighted by Crippen LogP contribution is 2.30. The number of fused-ring (bicyclic) bond motifs is 1. The van der Waals surface area contributed by atoms with E-state index in [1.165, 1.54) is 62.0 Å². The molecule has 0 aromatic heterocycles. The van der Waals surface area contributed by atoms with Gasteiger partial charge in [-0.15, -0.1) is 0 Å². The molecule has 1 aliphatic carbocycles. The number of benzene rings is 1. The summed E-state index contributed by atoms with van der Waals surface area (Å²) < 4.78 is 0. The van der Waals surface area contributed by atoms with Crippen molar-refractivity contribution in [1.82, 2.24) is 0 Å². The third-order valence-electron chi connectivity index (χ3n) is 4.18. The normalized spacial score (nSPS) is 20.4. The van der Waals surface area contributed by atoms with E-state index in [9.17, 15) is 0 Å². The minimum Gasteiger partial charge on any atom is -0.382 e. The molecular weight excluding hydrogens is 208 g/mol. The molecule has 2 heteroatoms. The minimum absolute atomic E-state index is 0.709. The van der Waals surface area contributed by atoms with E-state index in [2.05, 4.69) is 35.5 Å². The van der Waals surface area contributed by atoms with E-state index >= 15 is 0 Å². The summed E-state index contributed by atoms with van der Waals surface area (Å²) in [6, 6.07) is 7.58. The number of nitrogens with one attached hydrogen (secondary N) is 1. The van der Waals surface area contributed by atoms with Gasteiger partial charge in [-0.1, -0.05) is 19.3 Å². The molecule has 1 aromatic rings. The molecule has 1 aliphatic heterocycles. The monoisotopic (exact) mass is 230 g/mol. The summed E-state index contributed by atoms with van der Waals surface area (Å²) in [6.45, 7) is 1.17. The van der Waals surface area contributed by atoms with Gasteiger partial charge in [0.05, 0.1) is 0 Å². The van der Waals surface area contributed by atoms with E-state index in [1.54, 1.807) is 0 Å². The van der Waals surface area contributed by atoms with E-state index < -0.39 is 0 Å². The molecule has 1 N–H and O–H groups in total. The fraction of sp³-hybridized carbons (Fsp3) is 0.600. The molecule has 1 aromatic carbocycles. The SMILES string of the molecule is CN1CCc2cc(NC3CCCCC3)ccc21. The molecule has 2 nitrogen and oxygen atoms in total. The van der Waals surface area contributed by atoms with Crippen molar-refractivity contribution in [3.05, 3.63) is 23.8 Å². The summed E-state index contributed by atoms with van der Waals surface area (Å²) in [6.07, 6.45) is 8.10. The summed E-state index contributed by atoms with van der Waals surface area (Å²) in [7, 11) is 2.18. The molecule has 0 radical (unpaired) electrons. The summed E-state index contributed by atoms with van der Waals surface area (Å²) in [5, 5.41) is 3.71. The van der Waals surface area contributed by atoms with Crippen LogP contribution < -0.4 is 10.2 Å². The highest BCUT2D eigenvalue weighted by Gasteiger charge is 2.17. The number of rotatable bonds is 2. The third kappa shape index (κ3) is 2.26. The van der Waals surface area contributed by atoms with Crippen molar-refractivity contribution >= 4 is 11.4 Å². The van der Waals surface area contributed by atoms with E-state index in [-0.39, 0.29) is 0 Å². The fourth-order valence-electron chi connectivity index (χ4n) is 3.14. The van der Waals surface area contributed by atoms with Crippen LogP contribution in [0.25, 0.3) is 0 Å². The van der Waals surface area contributed by atoms with Crippen LogP contribution >= 0.6 is 0 Å². The third-order valence-corrected chi connectivity index (χ3v) is 4.18. The maximum absolute atomic E-state index is 3.71. The van der Waals surface area contributed by atoms with Crippen molar-refractivity contribution in [2.75, 3.05) is 23.8 Å². The van der Waals surface area contributed by atoms with E-state index in [0.29, 0.717) is 6.04 Å². The average molecular weight is 230 g/mol. The number of hydrogen-bond donors (Lipinski definition) is 1. The first kappa shape index (κ1) is 10.9. The maximum Gasteiger partial charge on any atom is 0.0398 e. The first-order chi connectivity index (χ1) is 8.33. The van der Waals surface area contributed by atoms with Gasteiger partial charge in [-0.2, -0.15) is 0 Å². The number of nitrogens with zero attached hydrogens (tertiary/aromatic N) is 1. The van der Waals surface area contributed by atoms with Crippen LogP contribution in [0.1, 0.15) is 37.7 Å². The lowest BCUT2D eigenvalue weighted by Crippen LogP contribution is -2.22. The molecular formula is C15H22N2. The van der Waals surface area contributed by atoms with E-state index in [1.807, 2.05) is 0 Å². The van der Waals surface area contributed by atoms with Gasteiger partial charge >= 0.3 is 0 Å². The number of hydrogen-bond acceptors (Lipinski definition) is 2. The summed E-state index contributed by atoms with van der Waals surface area (Å²) in [5.74, 6) is 0. The van der Waals surface area contributed by atoms with Crippen molar-refractivity contribution in [3.8, 4) is 0 Å². The molecule has 1 heterocycles. The Hall–Kier alpha value is -1.18. The first-order valence-corrected chi connectivity index (χ1v) is 6.93. The van der Waals surface area contributed by atoms with Crippen LogP contribution in [0, 0.1) is 0 Å². The highest BCUT2D eigenvalue weighted by atomic mass is 15.1. The molecule has 0 amide bonds. The zero-order valence-corrected chi connectivity index (χ0v) is 10.7. The predicted molar refractivity (Wildman–Crippen MR) is 73.9 cm³/mol. The molecule has 0 spiro atoms. The Kier molecular flexibility index (Phi) is 2.96. The van der Waals surface area contributed by atoms with Gasteiger partial charge < -0.3 is 10.2 Å². The Morgan fingerprint density at radius 1 is 1.18 bits per heavy atom. The lowest BCUT2D eigenvalue weighted by Gasteiger charge is -2.24. The predicted octanol–water partition coefficient (Wildman–Crippen LogP) is 3.42. The van der Waals surface area contributed by atoms with Crippen LogP contribution in [0.3, 0.4) is 0 Å². The van der Waals surface area contributed by atoms with Crippen molar-refractivity contribution in [2.45, 2.75) is 44.6 Å². The molecule has 0 bridgehead atoms. The summed E-state index contributed by atoms with van der Waals surface area (Å²) in [4.78, 5) is 2.35. The molecule has 2 aliphatic rings. The Balaban J connectivity index is 1.71. The van der Waals surface area contributed by atoms with Crippen LogP contribution in [0.2, 0.25) is 0 Å². The second kappa shape index (κ2) is 4.59. The summed E-state index contributed by atoms with van der Waals surface area (Å²) >= 11 is 0. The second-order valence-electron chi connectivity index (χ2n) is 5.49. The van der Waals surface area contributed by atoms with Gasteiger partial charge in [0.1, 0.15) is 0 Å². The van der Waals surface area contributed by atoms with E-state index in [0.717, 1.165) is 0 Å². The number of likely N-dealkylation sites (N-methyl/N-ethyl adjacent to an activating group) is 1. The zero-order valence-electron chi connectivity index (χ0n) is 10.7. The van der Waals surface area contributed by atoms with Crippen LogP contribution in [0.15, 0.2) is 18.2 Å². The van der Waals surface area contributed by atoms with Crippen molar-refractivity contribution in [3.63, 3.8) is 0 Å². The van der Waals surface area contributed by atoms with Gasteiger partial charge in [-0.3, -0.25) is 0 Å². The van der Waals surface area contributed by atoms with Crippen molar-refractivity contribution < 1.29 is 0 Å². The Morgan fingerprint density at radius 3 is 2.82 bits per heavy atom. The topological polar surface area (TPSA) is 15.3 Å². The average Bonchev–Trinajstić information content (AvgIpc) is 2.72. The Morgan fingerprint density at radius 2 is 2.00 bits per heavy atom. The van der Waals surface area contributed by atoms with Gasteiger partial charge in [-0.25, -0.2) is 0 Å². The molecule has 17 heavy (non-hydrogen) atoms. The van der Waals surface area contributed by atoms with Crippen LogP contribution in [0.4, 0.5) is 11.4 Å². The maximum atomic E-state index is 3.71. The van der Waals surface area contributed by atoms with Gasteiger partial charge in [0.25, 0.3) is 0 Å². The zero-order chi connectivity index (χ0) is 11.7.